The minimum Gasteiger partial charge on any atom is -0.467 e. The number of ether oxygens (including phenoxy) is 1. The number of allylic oxidation sites excluding steroid dienone is 1. The fraction of sp³-hybridized carbons (Fsp3) is 0.167. The lowest BCUT2D eigenvalue weighted by Gasteiger charge is -2.26. The molecule has 1 aromatic rings. The van der Waals surface area contributed by atoms with Crippen molar-refractivity contribution in [1.82, 2.24) is 0 Å². The number of carbonyl (C=O) groups excluding carboxylic acids is 2. The highest BCUT2D eigenvalue weighted by molar-refractivity contribution is 9.10. The van der Waals surface area contributed by atoms with Gasteiger partial charge in [-0.15, -0.1) is 0 Å². The third-order valence-electron chi connectivity index (χ3n) is 2.61. The summed E-state index contributed by atoms with van der Waals surface area (Å²) in [6, 6.07) is 5.16. The Morgan fingerprint density at radius 1 is 1.41 bits per heavy atom. The summed E-state index contributed by atoms with van der Waals surface area (Å²) in [5.74, 6) is -1.25. The molecule has 0 heterocycles. The molecule has 1 atom stereocenters. The Bertz CT molecular complexity index is 539. The van der Waals surface area contributed by atoms with Crippen LogP contribution >= 0.6 is 27.5 Å². The van der Waals surface area contributed by atoms with E-state index in [1.165, 1.54) is 13.2 Å². The van der Waals surface area contributed by atoms with Crippen LogP contribution in [0.4, 0.5) is 0 Å². The molecule has 17 heavy (non-hydrogen) atoms. The van der Waals surface area contributed by atoms with Crippen LogP contribution in [-0.4, -0.2) is 18.9 Å². The fourth-order valence-corrected chi connectivity index (χ4v) is 2.44. The van der Waals surface area contributed by atoms with Crippen molar-refractivity contribution in [2.45, 2.75) is 4.87 Å². The predicted octanol–water partition coefficient (Wildman–Crippen LogP) is 2.65. The lowest BCUT2D eigenvalue weighted by Crippen LogP contribution is -2.40. The second-order valence-electron chi connectivity index (χ2n) is 3.58. The third kappa shape index (κ3) is 1.81. The van der Waals surface area contributed by atoms with E-state index in [1.807, 2.05) is 0 Å². The Kier molecular flexibility index (Phi) is 3.10. The average molecular weight is 316 g/mol. The molecule has 3 nitrogen and oxygen atoms in total. The van der Waals surface area contributed by atoms with Gasteiger partial charge in [-0.3, -0.25) is 4.79 Å². The van der Waals surface area contributed by atoms with Crippen LogP contribution in [0.15, 0.2) is 28.7 Å². The maximum absolute atomic E-state index is 11.8. The monoisotopic (exact) mass is 314 g/mol. The van der Waals surface area contributed by atoms with Gasteiger partial charge in [0.1, 0.15) is 0 Å². The van der Waals surface area contributed by atoms with Crippen LogP contribution in [0, 0.1) is 0 Å². The summed E-state index contributed by atoms with van der Waals surface area (Å²) in [4.78, 5) is 21.8. The van der Waals surface area contributed by atoms with Gasteiger partial charge in [-0.1, -0.05) is 39.7 Å². The molecule has 0 radical (unpaired) electrons. The zero-order valence-electron chi connectivity index (χ0n) is 8.87. The molecule has 1 aromatic carbocycles. The number of carbonyl (C=O) groups is 2. The number of benzene rings is 1. The smallest absolute Gasteiger partial charge is 0.339 e. The van der Waals surface area contributed by atoms with Crippen molar-refractivity contribution in [2.24, 2.45) is 0 Å². The highest BCUT2D eigenvalue weighted by atomic mass is 79.9. The number of esters is 1. The molecular weight excluding hydrogens is 307 g/mol. The molecule has 0 N–H and O–H groups in total. The number of methoxy groups -OCH3 is 1. The normalized spacial score (nSPS) is 22.2. The van der Waals surface area contributed by atoms with E-state index in [1.54, 1.807) is 24.3 Å². The number of halogens is 2. The zero-order chi connectivity index (χ0) is 12.6. The summed E-state index contributed by atoms with van der Waals surface area (Å²) in [5.41, 5.74) is 1.17. The van der Waals surface area contributed by atoms with E-state index >= 15 is 0 Å². The van der Waals surface area contributed by atoms with Gasteiger partial charge in [-0.2, -0.15) is 0 Å². The van der Waals surface area contributed by atoms with E-state index in [9.17, 15) is 9.59 Å². The molecule has 88 valence electrons. The molecule has 0 unspecified atom stereocenters. The van der Waals surface area contributed by atoms with E-state index in [0.29, 0.717) is 5.56 Å². The minimum absolute atomic E-state index is 0.446. The second kappa shape index (κ2) is 4.27. The van der Waals surface area contributed by atoms with E-state index in [-0.39, 0.29) is 0 Å². The summed E-state index contributed by atoms with van der Waals surface area (Å²) in [6.45, 7) is 0. The predicted molar refractivity (Wildman–Crippen MR) is 67.7 cm³/mol. The number of rotatable bonds is 1. The van der Waals surface area contributed by atoms with Gasteiger partial charge in [0.15, 0.2) is 5.78 Å². The molecule has 0 saturated heterocycles. The van der Waals surface area contributed by atoms with Gasteiger partial charge in [0.25, 0.3) is 0 Å². The van der Waals surface area contributed by atoms with E-state index in [4.69, 9.17) is 11.6 Å². The van der Waals surface area contributed by atoms with Crippen LogP contribution in [0.2, 0.25) is 0 Å². The molecule has 0 amide bonds. The number of hydrogen-bond acceptors (Lipinski definition) is 3. The first-order valence-electron chi connectivity index (χ1n) is 4.80. The third-order valence-corrected chi connectivity index (χ3v) is 3.64. The van der Waals surface area contributed by atoms with Gasteiger partial charge in [0, 0.05) is 4.47 Å². The maximum atomic E-state index is 11.8. The highest BCUT2D eigenvalue weighted by Gasteiger charge is 2.48. The molecular formula is C12H8BrClO3. The van der Waals surface area contributed by atoms with Gasteiger partial charge >= 0.3 is 5.97 Å². The van der Waals surface area contributed by atoms with Crippen molar-refractivity contribution >= 4 is 45.4 Å². The Hall–Kier alpha value is -1.13. The second-order valence-corrected chi connectivity index (χ2v) is 5.06. The zero-order valence-corrected chi connectivity index (χ0v) is 11.2. The van der Waals surface area contributed by atoms with E-state index < -0.39 is 16.6 Å². The average Bonchev–Trinajstić information content (AvgIpc) is 2.32. The molecule has 0 aliphatic heterocycles. The van der Waals surface area contributed by atoms with Crippen molar-refractivity contribution < 1.29 is 14.3 Å². The highest BCUT2D eigenvalue weighted by Crippen LogP contribution is 2.39. The van der Waals surface area contributed by atoms with Crippen LogP contribution in [-0.2, 0) is 19.2 Å². The number of ketones is 1. The Balaban J connectivity index is 2.67. The van der Waals surface area contributed by atoms with Crippen LogP contribution in [0.25, 0.3) is 6.08 Å². The topological polar surface area (TPSA) is 43.4 Å². The Labute approximate surface area is 112 Å². The molecule has 0 spiro atoms. The van der Waals surface area contributed by atoms with E-state index in [0.717, 1.165) is 10.0 Å². The number of fused-ring (bicyclic) bond motifs is 1. The molecule has 2 rings (SSSR count). The first-order chi connectivity index (χ1) is 8.00. The van der Waals surface area contributed by atoms with Crippen LogP contribution < -0.4 is 0 Å². The molecule has 0 aromatic heterocycles. The minimum atomic E-state index is -1.76. The standard InChI is InChI=1S/C12H8BrClO3/c1-17-11(16)12(14)9-4-3-8(13)6-7(9)2-5-10(12)15/h2-6H,1H3/t12-/m1/s1. The van der Waals surface area contributed by atoms with Gasteiger partial charge < -0.3 is 4.74 Å². The van der Waals surface area contributed by atoms with Crippen molar-refractivity contribution in [3.8, 4) is 0 Å². The Morgan fingerprint density at radius 3 is 2.76 bits per heavy atom. The van der Waals surface area contributed by atoms with Crippen molar-refractivity contribution in [1.29, 1.82) is 0 Å². The van der Waals surface area contributed by atoms with Gasteiger partial charge in [0.05, 0.1) is 7.11 Å². The van der Waals surface area contributed by atoms with Crippen LogP contribution in [0.3, 0.4) is 0 Å². The molecule has 1 aliphatic carbocycles. The van der Waals surface area contributed by atoms with Gasteiger partial charge in [-0.05, 0) is 29.3 Å². The van der Waals surface area contributed by atoms with Gasteiger partial charge in [0.2, 0.25) is 4.87 Å². The SMILES string of the molecule is COC(=O)[C@]1(Cl)C(=O)C=Cc2cc(Br)ccc21. The van der Waals surface area contributed by atoms with Crippen molar-refractivity contribution in [3.05, 3.63) is 39.9 Å². The number of alkyl halides is 1. The first kappa shape index (κ1) is 12.3. The lowest BCUT2D eigenvalue weighted by molar-refractivity contribution is -0.146. The van der Waals surface area contributed by atoms with Gasteiger partial charge in [-0.25, -0.2) is 4.79 Å². The lowest BCUT2D eigenvalue weighted by atomic mass is 9.85. The molecule has 1 aliphatic rings. The molecule has 0 fully saturated rings. The largest absolute Gasteiger partial charge is 0.467 e. The van der Waals surface area contributed by atoms with Crippen molar-refractivity contribution in [3.63, 3.8) is 0 Å². The Morgan fingerprint density at radius 2 is 2.12 bits per heavy atom. The summed E-state index contributed by atoms with van der Waals surface area (Å²) >= 11 is 9.49. The number of hydrogen-bond donors (Lipinski definition) is 0. The summed E-state index contributed by atoms with van der Waals surface area (Å²) in [5, 5.41) is 0. The fourth-order valence-electron chi connectivity index (χ4n) is 1.75. The summed E-state index contributed by atoms with van der Waals surface area (Å²) in [7, 11) is 1.20. The van der Waals surface area contributed by atoms with E-state index in [2.05, 4.69) is 20.7 Å². The first-order valence-corrected chi connectivity index (χ1v) is 5.97. The summed E-state index contributed by atoms with van der Waals surface area (Å²) < 4.78 is 5.46. The molecule has 0 saturated carbocycles. The molecule has 5 heteroatoms. The maximum Gasteiger partial charge on any atom is 0.339 e. The molecule has 0 bridgehead atoms. The summed E-state index contributed by atoms with van der Waals surface area (Å²) in [6.07, 6.45) is 2.92. The quantitative estimate of drug-likeness (QED) is 0.454. The van der Waals surface area contributed by atoms with Crippen LogP contribution in [0.5, 0.6) is 0 Å². The van der Waals surface area contributed by atoms with Crippen LogP contribution in [0.1, 0.15) is 11.1 Å². The van der Waals surface area contributed by atoms with Crippen molar-refractivity contribution in [2.75, 3.05) is 7.11 Å².